The minimum Gasteiger partial charge on any atom is -0.378 e. The average molecular weight is 236 g/mol. The fourth-order valence-corrected chi connectivity index (χ4v) is 2.43. The molecule has 0 aliphatic carbocycles. The maximum absolute atomic E-state index is 14.0. The Morgan fingerprint density at radius 2 is 2.19 bits per heavy atom. The zero-order valence-corrected chi connectivity index (χ0v) is 10.0. The number of rotatable bonds is 1. The molecule has 84 valence electrons. The molecule has 0 spiro atoms. The second-order valence-corrected chi connectivity index (χ2v) is 4.88. The van der Waals surface area contributed by atoms with E-state index in [4.69, 9.17) is 5.73 Å². The minimum atomic E-state index is -0.689. The normalized spacial score (nSPS) is 24.3. The van der Waals surface area contributed by atoms with Gasteiger partial charge in [-0.2, -0.15) is 0 Å². The third-order valence-electron chi connectivity index (χ3n) is 2.66. The van der Waals surface area contributed by atoms with Gasteiger partial charge in [0.25, 0.3) is 0 Å². The van der Waals surface area contributed by atoms with E-state index in [1.807, 2.05) is 24.5 Å². The number of nitrogens with two attached hydrogens (primary N) is 1. The van der Waals surface area contributed by atoms with E-state index in [0.717, 1.165) is 0 Å². The first-order chi connectivity index (χ1) is 7.53. The van der Waals surface area contributed by atoms with Gasteiger partial charge in [0.15, 0.2) is 5.17 Å². The first-order valence-corrected chi connectivity index (χ1v) is 5.86. The minimum absolute atomic E-state index is 0.210. The van der Waals surface area contributed by atoms with Crippen LogP contribution in [0.2, 0.25) is 0 Å². The van der Waals surface area contributed by atoms with Crippen LogP contribution in [0.25, 0.3) is 0 Å². The Labute approximate surface area is 98.4 Å². The molecule has 0 bridgehead atoms. The molecule has 0 radical (unpaired) electrons. The SMILES string of the molecule is Cc1cccc([C@]2(C)C=CSC(N)=N2)c1F. The third-order valence-corrected chi connectivity index (χ3v) is 3.27. The number of nitrogens with zero attached hydrogens (tertiary/aromatic N) is 1. The van der Waals surface area contributed by atoms with Gasteiger partial charge < -0.3 is 5.73 Å². The van der Waals surface area contributed by atoms with Gasteiger partial charge in [0.05, 0.1) is 0 Å². The number of hydrogen-bond donors (Lipinski definition) is 1. The molecule has 2 N–H and O–H groups in total. The Morgan fingerprint density at radius 1 is 1.44 bits per heavy atom. The number of aliphatic imine (C=N–C) groups is 1. The average Bonchev–Trinajstić information content (AvgIpc) is 2.21. The Balaban J connectivity index is 2.55. The summed E-state index contributed by atoms with van der Waals surface area (Å²) in [6, 6.07) is 5.33. The largest absolute Gasteiger partial charge is 0.378 e. The highest BCUT2D eigenvalue weighted by Gasteiger charge is 2.28. The lowest BCUT2D eigenvalue weighted by Crippen LogP contribution is -2.24. The fraction of sp³-hybridized carbons (Fsp3) is 0.250. The molecule has 1 aliphatic heterocycles. The summed E-state index contributed by atoms with van der Waals surface area (Å²) in [4.78, 5) is 4.32. The lowest BCUT2D eigenvalue weighted by atomic mass is 9.91. The number of halogens is 1. The molecule has 0 fully saturated rings. The van der Waals surface area contributed by atoms with Crippen molar-refractivity contribution in [3.63, 3.8) is 0 Å². The van der Waals surface area contributed by atoms with Crippen molar-refractivity contribution in [3.05, 3.63) is 46.6 Å². The van der Waals surface area contributed by atoms with Crippen molar-refractivity contribution in [1.82, 2.24) is 0 Å². The van der Waals surface area contributed by atoms with Crippen molar-refractivity contribution in [2.45, 2.75) is 19.4 Å². The predicted molar refractivity (Wildman–Crippen MR) is 66.8 cm³/mol. The molecular weight excluding hydrogens is 223 g/mol. The molecule has 0 saturated carbocycles. The maximum atomic E-state index is 14.0. The number of aryl methyl sites for hydroxylation is 1. The van der Waals surface area contributed by atoms with E-state index in [1.165, 1.54) is 11.8 Å². The molecule has 0 amide bonds. The summed E-state index contributed by atoms with van der Waals surface area (Å²) in [5.74, 6) is -0.210. The molecule has 0 unspecified atom stereocenters. The van der Waals surface area contributed by atoms with Crippen LogP contribution in [-0.4, -0.2) is 5.17 Å². The molecule has 1 heterocycles. The second-order valence-electron chi connectivity index (χ2n) is 3.95. The van der Waals surface area contributed by atoms with Crippen LogP contribution in [-0.2, 0) is 5.54 Å². The highest BCUT2D eigenvalue weighted by molar-refractivity contribution is 8.16. The summed E-state index contributed by atoms with van der Waals surface area (Å²) in [6.45, 7) is 3.60. The van der Waals surface area contributed by atoms with Gasteiger partial charge in [-0.1, -0.05) is 30.0 Å². The molecular formula is C12H13FN2S. The van der Waals surface area contributed by atoms with Gasteiger partial charge in [0.1, 0.15) is 11.4 Å². The quantitative estimate of drug-likeness (QED) is 0.814. The van der Waals surface area contributed by atoms with Crippen LogP contribution in [0.4, 0.5) is 4.39 Å². The van der Waals surface area contributed by atoms with Crippen LogP contribution in [0.1, 0.15) is 18.1 Å². The zero-order valence-electron chi connectivity index (χ0n) is 9.20. The topological polar surface area (TPSA) is 38.4 Å². The molecule has 0 saturated heterocycles. The summed E-state index contributed by atoms with van der Waals surface area (Å²) in [7, 11) is 0. The molecule has 16 heavy (non-hydrogen) atoms. The van der Waals surface area contributed by atoms with Gasteiger partial charge in [-0.3, -0.25) is 0 Å². The highest BCUT2D eigenvalue weighted by atomic mass is 32.2. The van der Waals surface area contributed by atoms with Crippen LogP contribution in [0.15, 0.2) is 34.7 Å². The van der Waals surface area contributed by atoms with Crippen LogP contribution >= 0.6 is 11.8 Å². The Bertz CT molecular complexity index is 482. The van der Waals surface area contributed by atoms with Crippen molar-refractivity contribution in [2.24, 2.45) is 10.7 Å². The number of amidine groups is 1. The van der Waals surface area contributed by atoms with Gasteiger partial charge in [-0.05, 0) is 30.9 Å². The number of thioether (sulfide) groups is 1. The van der Waals surface area contributed by atoms with Crippen molar-refractivity contribution in [3.8, 4) is 0 Å². The maximum Gasteiger partial charge on any atom is 0.159 e. The number of benzene rings is 1. The molecule has 1 aliphatic rings. The highest BCUT2D eigenvalue weighted by Crippen LogP contribution is 2.34. The molecule has 0 aromatic heterocycles. The summed E-state index contributed by atoms with van der Waals surface area (Å²) in [6.07, 6.45) is 1.87. The monoisotopic (exact) mass is 236 g/mol. The van der Waals surface area contributed by atoms with Crippen molar-refractivity contribution in [2.75, 3.05) is 0 Å². The van der Waals surface area contributed by atoms with Gasteiger partial charge in [0.2, 0.25) is 0 Å². The van der Waals surface area contributed by atoms with E-state index in [2.05, 4.69) is 4.99 Å². The van der Waals surface area contributed by atoms with E-state index < -0.39 is 5.54 Å². The van der Waals surface area contributed by atoms with Crippen LogP contribution in [0.3, 0.4) is 0 Å². The van der Waals surface area contributed by atoms with Gasteiger partial charge in [-0.15, -0.1) is 0 Å². The lowest BCUT2D eigenvalue weighted by molar-refractivity contribution is 0.540. The van der Waals surface area contributed by atoms with Crippen molar-refractivity contribution in [1.29, 1.82) is 0 Å². The molecule has 4 heteroatoms. The lowest BCUT2D eigenvalue weighted by Gasteiger charge is -2.26. The van der Waals surface area contributed by atoms with Crippen LogP contribution in [0.5, 0.6) is 0 Å². The summed E-state index contributed by atoms with van der Waals surface area (Å²) >= 11 is 1.35. The fourth-order valence-electron chi connectivity index (χ4n) is 1.72. The molecule has 1 atom stereocenters. The van der Waals surface area contributed by atoms with E-state index in [0.29, 0.717) is 16.3 Å². The predicted octanol–water partition coefficient (Wildman–Crippen LogP) is 2.92. The van der Waals surface area contributed by atoms with E-state index >= 15 is 0 Å². The number of hydrogen-bond acceptors (Lipinski definition) is 3. The molecule has 2 rings (SSSR count). The molecule has 1 aromatic rings. The van der Waals surface area contributed by atoms with Gasteiger partial charge in [-0.25, -0.2) is 9.38 Å². The van der Waals surface area contributed by atoms with Gasteiger partial charge >= 0.3 is 0 Å². The first-order valence-electron chi connectivity index (χ1n) is 4.98. The Kier molecular flexibility index (Phi) is 2.76. The van der Waals surface area contributed by atoms with Crippen LogP contribution in [0, 0.1) is 12.7 Å². The van der Waals surface area contributed by atoms with E-state index in [-0.39, 0.29) is 5.82 Å². The standard InChI is InChI=1S/C12H13FN2S/c1-8-4-3-5-9(10(8)13)12(2)6-7-16-11(14)15-12/h3-7H,1-2H3,(H2,14,15)/t12-/m0/s1. The molecule has 2 nitrogen and oxygen atoms in total. The zero-order chi connectivity index (χ0) is 11.8. The third kappa shape index (κ3) is 1.85. The summed E-state index contributed by atoms with van der Waals surface area (Å²) in [5.41, 5.74) is 6.17. The van der Waals surface area contributed by atoms with E-state index in [1.54, 1.807) is 19.1 Å². The Morgan fingerprint density at radius 3 is 2.88 bits per heavy atom. The van der Waals surface area contributed by atoms with Crippen LogP contribution < -0.4 is 5.73 Å². The van der Waals surface area contributed by atoms with Crippen molar-refractivity contribution < 1.29 is 4.39 Å². The van der Waals surface area contributed by atoms with Crippen molar-refractivity contribution >= 4 is 16.9 Å². The smallest absolute Gasteiger partial charge is 0.159 e. The van der Waals surface area contributed by atoms with E-state index in [9.17, 15) is 4.39 Å². The summed E-state index contributed by atoms with van der Waals surface area (Å²) < 4.78 is 14.0. The second kappa shape index (κ2) is 3.94. The van der Waals surface area contributed by atoms with Gasteiger partial charge in [0, 0.05) is 5.56 Å². The Hall–Kier alpha value is -1.29. The molecule has 1 aromatic carbocycles. The summed E-state index contributed by atoms with van der Waals surface area (Å²) in [5, 5.41) is 2.32. The first kappa shape index (κ1) is 11.2.